The monoisotopic (exact) mass is 666 g/mol. The summed E-state index contributed by atoms with van der Waals surface area (Å²) in [4.78, 5) is 46.2. The molecule has 246 valence electrons. The third-order valence-corrected chi connectivity index (χ3v) is 11.7. The Hall–Kier alpha value is -5.06. The van der Waals surface area contributed by atoms with Gasteiger partial charge in [-0.1, -0.05) is 97.1 Å². The van der Waals surface area contributed by atoms with Crippen LogP contribution in [0.1, 0.15) is 55.1 Å². The Bertz CT molecular complexity index is 2290. The summed E-state index contributed by atoms with van der Waals surface area (Å²) in [5, 5.41) is 5.65. The minimum absolute atomic E-state index is 0.0105. The second kappa shape index (κ2) is 13.1. The van der Waals surface area contributed by atoms with Gasteiger partial charge in [0.15, 0.2) is 5.78 Å². The van der Waals surface area contributed by atoms with Crippen LogP contribution in [0.2, 0.25) is 0 Å². The number of rotatable bonds is 7. The molecule has 7 heteroatoms. The van der Waals surface area contributed by atoms with Gasteiger partial charge in [-0.05, 0) is 88.3 Å². The topological polar surface area (TPSA) is 74.8 Å². The van der Waals surface area contributed by atoms with Gasteiger partial charge in [-0.2, -0.15) is 0 Å². The molecule has 49 heavy (non-hydrogen) atoms. The van der Waals surface area contributed by atoms with Crippen molar-refractivity contribution in [2.45, 2.75) is 24.5 Å². The molecule has 0 N–H and O–H groups in total. The fourth-order valence-corrected chi connectivity index (χ4v) is 8.93. The Morgan fingerprint density at radius 2 is 1.22 bits per heavy atom. The maximum Gasteiger partial charge on any atom is 0.254 e. The van der Waals surface area contributed by atoms with Gasteiger partial charge < -0.3 is 14.4 Å². The lowest BCUT2D eigenvalue weighted by molar-refractivity contribution is 0.0567. The Morgan fingerprint density at radius 3 is 1.88 bits per heavy atom. The molecule has 1 atom stereocenters. The van der Waals surface area contributed by atoms with E-state index in [2.05, 4.69) is 0 Å². The highest BCUT2D eigenvalue weighted by molar-refractivity contribution is 7.63. The molecule has 1 aliphatic heterocycles. The molecule has 0 bridgehead atoms. The van der Waals surface area contributed by atoms with Crippen molar-refractivity contribution in [2.24, 2.45) is 0 Å². The van der Waals surface area contributed by atoms with Crippen molar-refractivity contribution in [1.29, 1.82) is 0 Å². The number of fused-ring (bicyclic) bond motifs is 3. The van der Waals surface area contributed by atoms with E-state index in [9.17, 15) is 18.9 Å². The van der Waals surface area contributed by atoms with Crippen LogP contribution in [0, 0.1) is 0 Å². The molecule has 0 spiro atoms. The summed E-state index contributed by atoms with van der Waals surface area (Å²) in [6.45, 7) is 4.35. The number of nitrogens with zero attached hydrogens (tertiary/aromatic N) is 2. The first-order valence-corrected chi connectivity index (χ1v) is 19.4. The molecule has 2 amide bonds. The van der Waals surface area contributed by atoms with Crippen LogP contribution in [0.4, 0.5) is 0 Å². The lowest BCUT2D eigenvalue weighted by Gasteiger charge is -2.37. The molecule has 0 aromatic heterocycles. The number of carbonyl (C=O) groups excluding carboxylic acids is 3. The van der Waals surface area contributed by atoms with Crippen LogP contribution in [0.15, 0.2) is 121 Å². The average molecular weight is 667 g/mol. The van der Waals surface area contributed by atoms with Gasteiger partial charge in [-0.25, -0.2) is 0 Å². The van der Waals surface area contributed by atoms with Crippen LogP contribution >= 0.6 is 7.14 Å². The first-order valence-electron chi connectivity index (χ1n) is 16.7. The smallest absolute Gasteiger partial charge is 0.254 e. The zero-order valence-corrected chi connectivity index (χ0v) is 28.9. The number of carbonyl (C=O) groups is 3. The largest absolute Gasteiger partial charge is 0.339 e. The molecular weight excluding hydrogens is 627 g/mol. The Labute approximate surface area is 286 Å². The van der Waals surface area contributed by atoms with Gasteiger partial charge in [0.1, 0.15) is 5.66 Å². The number of hydrogen-bond donors (Lipinski definition) is 0. The van der Waals surface area contributed by atoms with E-state index in [1.54, 1.807) is 37.4 Å². The highest BCUT2D eigenvalue weighted by Crippen LogP contribution is 2.55. The van der Waals surface area contributed by atoms with Gasteiger partial charge in [-0.15, -0.1) is 0 Å². The molecule has 7 rings (SSSR count). The predicted octanol–water partition coefficient (Wildman–Crippen LogP) is 9.07. The first kappa shape index (κ1) is 32.5. The van der Waals surface area contributed by atoms with E-state index in [0.717, 1.165) is 32.3 Å². The third-order valence-electron chi connectivity index (χ3n) is 9.99. The van der Waals surface area contributed by atoms with Gasteiger partial charge in [-0.3, -0.25) is 14.4 Å². The number of benzene rings is 6. The molecule has 1 unspecified atom stereocenters. The first-order chi connectivity index (χ1) is 23.6. The van der Waals surface area contributed by atoms with Gasteiger partial charge in [0.25, 0.3) is 11.8 Å². The molecule has 0 radical (unpaired) electrons. The van der Waals surface area contributed by atoms with E-state index in [0.29, 0.717) is 42.6 Å². The van der Waals surface area contributed by atoms with Crippen LogP contribution < -0.4 is 0 Å². The zero-order valence-electron chi connectivity index (χ0n) is 28.0. The van der Waals surface area contributed by atoms with Crippen molar-refractivity contribution < 1.29 is 18.9 Å². The van der Waals surface area contributed by atoms with Crippen molar-refractivity contribution in [1.82, 2.24) is 9.80 Å². The highest BCUT2D eigenvalue weighted by atomic mass is 31.2. The average Bonchev–Trinajstić information content (AvgIpc) is 3.12. The third kappa shape index (κ3) is 6.29. The molecule has 1 saturated heterocycles. The molecular formula is C42H39N2O4P. The van der Waals surface area contributed by atoms with Crippen molar-refractivity contribution in [3.63, 3.8) is 0 Å². The maximum absolute atomic E-state index is 14.8. The molecule has 6 aromatic carbocycles. The molecule has 1 heterocycles. The molecule has 6 nitrogen and oxygen atoms in total. The van der Waals surface area contributed by atoms with Crippen molar-refractivity contribution >= 4 is 57.1 Å². The summed E-state index contributed by atoms with van der Waals surface area (Å²) in [6.07, 6.45) is 1.24. The van der Waals surface area contributed by atoms with Gasteiger partial charge in [0.05, 0.1) is 12.7 Å². The van der Waals surface area contributed by atoms with Crippen LogP contribution in [0.5, 0.6) is 0 Å². The van der Waals surface area contributed by atoms with Gasteiger partial charge >= 0.3 is 0 Å². The number of Topliss-reactive ketones (excluding diaryl/α,β-unsaturated/α-hetero) is 1. The lowest BCUT2D eigenvalue weighted by Crippen LogP contribution is -2.47. The minimum atomic E-state index is -3.05. The SMILES string of the molecule is CN(C(=O)c1cc2ccccc2cc1C(=O)C(c1cccc2ccccc12)P(C)(C)=O)C1CCN(C(=O)c2ccc3ccccc3c2)CC1. The molecule has 1 aliphatic rings. The Kier molecular flexibility index (Phi) is 8.68. The standard InChI is InChI=1S/C42H39N2O4P/c1-43(34-21-23-44(24-22-34)41(46)33-20-19-28-11-4-5-13-30(28)25-33)42(47)38-27-32-15-7-6-14-31(32)26-37(38)39(45)40(49(2,3)48)36-18-10-16-29-12-8-9-17-35(29)36/h4-20,25-27,34,40H,21-24H2,1-3H3. The second-order valence-electron chi connectivity index (χ2n) is 13.5. The van der Waals surface area contributed by atoms with E-state index < -0.39 is 12.8 Å². The van der Waals surface area contributed by atoms with E-state index in [4.69, 9.17) is 0 Å². The minimum Gasteiger partial charge on any atom is -0.339 e. The highest BCUT2D eigenvalue weighted by Gasteiger charge is 2.37. The summed E-state index contributed by atoms with van der Waals surface area (Å²) < 4.78 is 14.0. The Balaban J connectivity index is 1.18. The maximum atomic E-state index is 14.8. The predicted molar refractivity (Wildman–Crippen MR) is 199 cm³/mol. The fraction of sp³-hybridized carbons (Fsp3) is 0.214. The summed E-state index contributed by atoms with van der Waals surface area (Å²) in [5.41, 5.74) is 1.03. The van der Waals surface area contributed by atoms with Crippen LogP contribution in [-0.4, -0.2) is 66.9 Å². The van der Waals surface area contributed by atoms with Gasteiger partial charge in [0, 0.05) is 37.3 Å². The lowest BCUT2D eigenvalue weighted by atomic mass is 9.91. The van der Waals surface area contributed by atoms with E-state index in [1.165, 1.54) is 0 Å². The van der Waals surface area contributed by atoms with Crippen molar-refractivity contribution in [3.05, 3.63) is 144 Å². The molecule has 0 aliphatic carbocycles. The quantitative estimate of drug-likeness (QED) is 0.126. The van der Waals surface area contributed by atoms with Crippen molar-refractivity contribution in [3.8, 4) is 0 Å². The molecule has 6 aromatic rings. The number of ketones is 1. The molecule has 0 saturated carbocycles. The normalized spacial score (nSPS) is 14.6. The van der Waals surface area contributed by atoms with Gasteiger partial charge in [0.2, 0.25) is 0 Å². The zero-order chi connectivity index (χ0) is 34.3. The number of likely N-dealkylation sites (tertiary alicyclic amines) is 1. The molecule has 1 fully saturated rings. The summed E-state index contributed by atoms with van der Waals surface area (Å²) in [5.74, 6) is -0.584. The van der Waals surface area contributed by atoms with E-state index in [1.807, 2.05) is 114 Å². The van der Waals surface area contributed by atoms with E-state index in [-0.39, 0.29) is 29.2 Å². The summed E-state index contributed by atoms with van der Waals surface area (Å²) >= 11 is 0. The summed E-state index contributed by atoms with van der Waals surface area (Å²) in [6, 6.07) is 38.5. The fourth-order valence-electron chi connectivity index (χ4n) is 7.33. The van der Waals surface area contributed by atoms with E-state index >= 15 is 0 Å². The Morgan fingerprint density at radius 1 is 0.673 bits per heavy atom. The van der Waals surface area contributed by atoms with Crippen LogP contribution in [-0.2, 0) is 4.57 Å². The van der Waals surface area contributed by atoms with Crippen molar-refractivity contribution in [2.75, 3.05) is 33.5 Å². The number of piperidine rings is 1. The number of amides is 2. The van der Waals surface area contributed by atoms with Crippen LogP contribution in [0.3, 0.4) is 0 Å². The summed E-state index contributed by atoms with van der Waals surface area (Å²) in [7, 11) is -1.27. The van der Waals surface area contributed by atoms with Crippen LogP contribution in [0.25, 0.3) is 32.3 Å². The second-order valence-corrected chi connectivity index (χ2v) is 16.9. The number of hydrogen-bond acceptors (Lipinski definition) is 4.